The molecule has 1 saturated heterocycles. The molecule has 0 radical (unpaired) electrons. The van der Waals surface area contributed by atoms with Crippen molar-refractivity contribution in [1.82, 2.24) is 4.31 Å². The second-order valence-electron chi connectivity index (χ2n) is 5.72. The maximum absolute atomic E-state index is 13.6. The normalized spacial score (nSPS) is 24.0. The summed E-state index contributed by atoms with van der Waals surface area (Å²) in [5.74, 6) is -1.61. The molecule has 0 spiro atoms. The number of sulfonamides is 1. The highest BCUT2D eigenvalue weighted by Crippen LogP contribution is 2.33. The molecule has 7 heteroatoms. The van der Waals surface area contributed by atoms with E-state index in [9.17, 15) is 22.7 Å². The summed E-state index contributed by atoms with van der Waals surface area (Å²) in [4.78, 5) is 11.2. The van der Waals surface area contributed by atoms with Crippen molar-refractivity contribution < 1.29 is 22.7 Å². The SMILES string of the molecule is Cc1ccc(S(=O)(=O)N2CCCC(C)(C(=O)O)C2)cc1F. The first-order chi connectivity index (χ1) is 9.67. The molecule has 0 aliphatic carbocycles. The van der Waals surface area contributed by atoms with Crippen LogP contribution in [-0.2, 0) is 14.8 Å². The number of aryl methyl sites for hydroxylation is 1. The first kappa shape index (κ1) is 15.9. The molecule has 1 fully saturated rings. The quantitative estimate of drug-likeness (QED) is 0.926. The van der Waals surface area contributed by atoms with Crippen LogP contribution in [-0.4, -0.2) is 36.9 Å². The average Bonchev–Trinajstić information content (AvgIpc) is 2.41. The first-order valence-electron chi connectivity index (χ1n) is 6.66. The molecule has 1 aliphatic heterocycles. The van der Waals surface area contributed by atoms with E-state index in [-0.39, 0.29) is 18.0 Å². The zero-order valence-electron chi connectivity index (χ0n) is 12.0. The van der Waals surface area contributed by atoms with Crippen molar-refractivity contribution in [3.63, 3.8) is 0 Å². The Morgan fingerprint density at radius 1 is 1.43 bits per heavy atom. The van der Waals surface area contributed by atoms with Gasteiger partial charge in [-0.25, -0.2) is 12.8 Å². The molecule has 0 bridgehead atoms. The third-order valence-electron chi connectivity index (χ3n) is 3.96. The number of benzene rings is 1. The number of halogens is 1. The van der Waals surface area contributed by atoms with E-state index in [2.05, 4.69) is 0 Å². The molecule has 0 aromatic heterocycles. The van der Waals surface area contributed by atoms with Gasteiger partial charge in [-0.15, -0.1) is 0 Å². The van der Waals surface area contributed by atoms with Crippen molar-refractivity contribution in [2.75, 3.05) is 13.1 Å². The summed E-state index contributed by atoms with van der Waals surface area (Å²) in [6.45, 7) is 3.24. The molecule has 1 heterocycles. The molecule has 21 heavy (non-hydrogen) atoms. The van der Waals surface area contributed by atoms with Gasteiger partial charge in [0.1, 0.15) is 5.82 Å². The van der Waals surface area contributed by atoms with Crippen molar-refractivity contribution in [3.8, 4) is 0 Å². The molecule has 0 saturated carbocycles. The van der Waals surface area contributed by atoms with Gasteiger partial charge in [-0.2, -0.15) is 4.31 Å². The highest BCUT2D eigenvalue weighted by atomic mass is 32.2. The minimum absolute atomic E-state index is 0.0971. The second-order valence-corrected chi connectivity index (χ2v) is 7.66. The third kappa shape index (κ3) is 2.94. The molecule has 1 aliphatic rings. The fourth-order valence-corrected chi connectivity index (χ4v) is 4.07. The Morgan fingerprint density at radius 2 is 2.10 bits per heavy atom. The lowest BCUT2D eigenvalue weighted by Gasteiger charge is -2.36. The summed E-state index contributed by atoms with van der Waals surface area (Å²) in [6.07, 6.45) is 0.896. The zero-order chi connectivity index (χ0) is 15.8. The maximum atomic E-state index is 13.6. The molecular weight excluding hydrogens is 297 g/mol. The summed E-state index contributed by atoms with van der Waals surface area (Å²) in [5, 5.41) is 9.25. The Hall–Kier alpha value is -1.47. The predicted octanol–water partition coefficient (Wildman–Crippen LogP) is 2.01. The standard InChI is InChI=1S/C14H18FNO4S/c1-10-4-5-11(8-12(10)15)21(19,20)16-7-3-6-14(2,9-16)13(17)18/h4-5,8H,3,6-7,9H2,1-2H3,(H,17,18). The Balaban J connectivity index is 2.35. The molecule has 1 N–H and O–H groups in total. The molecule has 1 aromatic rings. The zero-order valence-corrected chi connectivity index (χ0v) is 12.8. The van der Waals surface area contributed by atoms with Gasteiger partial charge in [-0.1, -0.05) is 6.07 Å². The molecule has 2 rings (SSSR count). The third-order valence-corrected chi connectivity index (χ3v) is 5.80. The van der Waals surface area contributed by atoms with Crippen LogP contribution in [0.3, 0.4) is 0 Å². The fraction of sp³-hybridized carbons (Fsp3) is 0.500. The molecule has 1 aromatic carbocycles. The number of hydrogen-bond donors (Lipinski definition) is 1. The van der Waals surface area contributed by atoms with Gasteiger partial charge in [0.15, 0.2) is 0 Å². The Morgan fingerprint density at radius 3 is 2.67 bits per heavy atom. The van der Waals surface area contributed by atoms with Gasteiger partial charge >= 0.3 is 5.97 Å². The van der Waals surface area contributed by atoms with Gasteiger partial charge in [0.2, 0.25) is 10.0 Å². The molecule has 5 nitrogen and oxygen atoms in total. The van der Waals surface area contributed by atoms with Gasteiger partial charge in [-0.3, -0.25) is 4.79 Å². The second kappa shape index (κ2) is 5.38. The lowest BCUT2D eigenvalue weighted by Crippen LogP contribution is -2.48. The minimum Gasteiger partial charge on any atom is -0.481 e. The van der Waals surface area contributed by atoms with Crippen molar-refractivity contribution in [1.29, 1.82) is 0 Å². The summed E-state index contributed by atoms with van der Waals surface area (Å²) in [7, 11) is -3.88. The summed E-state index contributed by atoms with van der Waals surface area (Å²) >= 11 is 0. The van der Waals surface area contributed by atoms with Gasteiger partial charge in [-0.05, 0) is 44.4 Å². The number of carboxylic acids is 1. The molecule has 0 amide bonds. The number of carboxylic acid groups (broad SMARTS) is 1. The van der Waals surface area contributed by atoms with Crippen LogP contribution in [0.25, 0.3) is 0 Å². The van der Waals surface area contributed by atoms with E-state index in [0.717, 1.165) is 10.4 Å². The number of aliphatic carboxylic acids is 1. The molecule has 1 unspecified atom stereocenters. The van der Waals surface area contributed by atoms with E-state index in [1.54, 1.807) is 6.92 Å². The Labute approximate surface area is 123 Å². The van der Waals surface area contributed by atoms with Crippen molar-refractivity contribution >= 4 is 16.0 Å². The topological polar surface area (TPSA) is 74.7 Å². The molecule has 1 atom stereocenters. The van der Waals surface area contributed by atoms with E-state index in [1.165, 1.54) is 19.1 Å². The lowest BCUT2D eigenvalue weighted by atomic mass is 9.83. The summed E-state index contributed by atoms with van der Waals surface area (Å²) in [5.41, 5.74) is -0.739. The maximum Gasteiger partial charge on any atom is 0.310 e. The fourth-order valence-electron chi connectivity index (χ4n) is 2.46. The highest BCUT2D eigenvalue weighted by molar-refractivity contribution is 7.89. The van der Waals surface area contributed by atoms with E-state index in [1.807, 2.05) is 0 Å². The molecule has 116 valence electrons. The van der Waals surface area contributed by atoms with E-state index >= 15 is 0 Å². The summed E-state index contributed by atoms with van der Waals surface area (Å²) in [6, 6.07) is 3.74. The van der Waals surface area contributed by atoms with Gasteiger partial charge in [0.05, 0.1) is 10.3 Å². The van der Waals surface area contributed by atoms with Crippen molar-refractivity contribution in [2.24, 2.45) is 5.41 Å². The van der Waals surface area contributed by atoms with E-state index < -0.39 is 27.2 Å². The predicted molar refractivity (Wildman–Crippen MR) is 74.9 cm³/mol. The van der Waals surface area contributed by atoms with E-state index in [4.69, 9.17) is 0 Å². The highest BCUT2D eigenvalue weighted by Gasteiger charge is 2.42. The van der Waals surface area contributed by atoms with E-state index in [0.29, 0.717) is 18.4 Å². The Bertz CT molecular complexity index is 674. The monoisotopic (exact) mass is 315 g/mol. The van der Waals surface area contributed by atoms with Crippen LogP contribution < -0.4 is 0 Å². The average molecular weight is 315 g/mol. The van der Waals surface area contributed by atoms with Gasteiger partial charge in [0, 0.05) is 13.1 Å². The van der Waals surface area contributed by atoms with Crippen molar-refractivity contribution in [3.05, 3.63) is 29.6 Å². The largest absolute Gasteiger partial charge is 0.481 e. The number of rotatable bonds is 3. The van der Waals surface area contributed by atoms with Crippen LogP contribution in [0.2, 0.25) is 0 Å². The smallest absolute Gasteiger partial charge is 0.310 e. The van der Waals surface area contributed by atoms with Crippen molar-refractivity contribution in [2.45, 2.75) is 31.6 Å². The van der Waals surface area contributed by atoms with Crippen LogP contribution in [0.15, 0.2) is 23.1 Å². The lowest BCUT2D eigenvalue weighted by molar-refractivity contribution is -0.150. The van der Waals surface area contributed by atoms with Crippen LogP contribution in [0.1, 0.15) is 25.3 Å². The van der Waals surface area contributed by atoms with Crippen LogP contribution in [0.4, 0.5) is 4.39 Å². The first-order valence-corrected chi connectivity index (χ1v) is 8.10. The van der Waals surface area contributed by atoms with Gasteiger partial charge in [0.25, 0.3) is 0 Å². The molecular formula is C14H18FNO4S. The number of carbonyl (C=O) groups is 1. The summed E-state index contributed by atoms with van der Waals surface area (Å²) < 4.78 is 39.8. The van der Waals surface area contributed by atoms with Crippen LogP contribution >= 0.6 is 0 Å². The Kier molecular flexibility index (Phi) is 4.08. The number of nitrogens with zero attached hydrogens (tertiary/aromatic N) is 1. The van der Waals surface area contributed by atoms with Crippen LogP contribution in [0.5, 0.6) is 0 Å². The van der Waals surface area contributed by atoms with Crippen LogP contribution in [0, 0.1) is 18.2 Å². The van der Waals surface area contributed by atoms with Gasteiger partial charge < -0.3 is 5.11 Å². The number of piperidine rings is 1. The minimum atomic E-state index is -3.88. The number of hydrogen-bond acceptors (Lipinski definition) is 3.